The highest BCUT2D eigenvalue weighted by Crippen LogP contribution is 2.36. The average molecular weight is 414 g/mol. The third-order valence-corrected chi connectivity index (χ3v) is 4.99. The molecule has 2 heterocycles. The minimum absolute atomic E-state index is 0.0105. The topological polar surface area (TPSA) is 106 Å². The lowest BCUT2D eigenvalue weighted by Gasteiger charge is -2.50. The summed E-state index contributed by atoms with van der Waals surface area (Å²) in [7, 11) is 1.13. The molecule has 3 rings (SSSR count). The molecule has 2 saturated heterocycles. The largest absolute Gasteiger partial charge is 0.468 e. The van der Waals surface area contributed by atoms with Crippen molar-refractivity contribution in [1.82, 2.24) is 9.80 Å². The first-order valence-corrected chi connectivity index (χ1v) is 8.78. The fourth-order valence-corrected chi connectivity index (χ4v) is 3.59. The predicted molar refractivity (Wildman–Crippen MR) is 91.9 cm³/mol. The molecule has 0 unspecified atom stereocenters. The Balaban J connectivity index is 2.09. The minimum atomic E-state index is -1.72. The molecule has 1 spiro atoms. The first-order valence-electron chi connectivity index (χ1n) is 8.78. The molecule has 0 aliphatic carbocycles. The summed E-state index contributed by atoms with van der Waals surface area (Å²) < 4.78 is 43.0. The van der Waals surface area contributed by atoms with Crippen molar-refractivity contribution in [2.75, 3.05) is 46.6 Å². The Morgan fingerprint density at radius 2 is 1.79 bits per heavy atom. The van der Waals surface area contributed by atoms with Crippen LogP contribution in [0.15, 0.2) is 18.2 Å². The van der Waals surface area contributed by atoms with Gasteiger partial charge in [-0.2, -0.15) is 0 Å². The van der Waals surface area contributed by atoms with Crippen LogP contribution in [-0.4, -0.2) is 85.0 Å². The molecule has 0 bridgehead atoms. The Morgan fingerprint density at radius 3 is 2.31 bits per heavy atom. The van der Waals surface area contributed by atoms with Crippen molar-refractivity contribution in [3.05, 3.63) is 35.4 Å². The fraction of sp³-hybridized carbons (Fsp3) is 0.500. The Labute approximate surface area is 164 Å². The molecule has 9 nitrogen and oxygen atoms in total. The van der Waals surface area contributed by atoms with Crippen LogP contribution in [0.5, 0.6) is 0 Å². The summed E-state index contributed by atoms with van der Waals surface area (Å²) in [4.78, 5) is 39.3. The molecule has 2 aliphatic heterocycles. The van der Waals surface area contributed by atoms with Gasteiger partial charge in [-0.1, -0.05) is 0 Å². The van der Waals surface area contributed by atoms with Gasteiger partial charge in [0.1, 0.15) is 18.2 Å². The maximum Gasteiger partial charge on any atom is 0.408 e. The van der Waals surface area contributed by atoms with Crippen LogP contribution >= 0.6 is 0 Å². The van der Waals surface area contributed by atoms with E-state index in [1.54, 1.807) is 0 Å². The highest BCUT2D eigenvalue weighted by Gasteiger charge is 2.56. The van der Waals surface area contributed by atoms with Gasteiger partial charge in [0.2, 0.25) is 0 Å². The molecule has 1 aromatic carbocycles. The Bertz CT molecular complexity index is 791. The van der Waals surface area contributed by atoms with E-state index >= 15 is 0 Å². The van der Waals surface area contributed by atoms with Gasteiger partial charge >= 0.3 is 12.1 Å². The van der Waals surface area contributed by atoms with E-state index in [9.17, 15) is 28.3 Å². The second kappa shape index (κ2) is 8.29. The van der Waals surface area contributed by atoms with Gasteiger partial charge in [-0.3, -0.25) is 14.5 Å². The van der Waals surface area contributed by atoms with Crippen molar-refractivity contribution in [2.24, 2.45) is 0 Å². The van der Waals surface area contributed by atoms with E-state index < -0.39 is 47.7 Å². The number of nitrogens with zero attached hydrogens (tertiary/aromatic N) is 2. The van der Waals surface area contributed by atoms with Crippen LogP contribution < -0.4 is 0 Å². The van der Waals surface area contributed by atoms with E-state index in [0.29, 0.717) is 6.07 Å². The molecule has 0 saturated carbocycles. The number of benzene rings is 1. The Morgan fingerprint density at radius 1 is 1.21 bits per heavy atom. The number of methoxy groups -OCH3 is 1. The van der Waals surface area contributed by atoms with Crippen molar-refractivity contribution < 1.29 is 42.5 Å². The Kier molecular flexibility index (Phi) is 5.99. The summed E-state index contributed by atoms with van der Waals surface area (Å²) in [5.41, 5.74) is -1.71. The lowest BCUT2D eigenvalue weighted by atomic mass is 9.89. The third-order valence-electron chi connectivity index (χ3n) is 4.99. The van der Waals surface area contributed by atoms with E-state index in [4.69, 9.17) is 9.47 Å². The second-order valence-corrected chi connectivity index (χ2v) is 6.76. The van der Waals surface area contributed by atoms with Gasteiger partial charge in [-0.25, -0.2) is 13.6 Å². The molecule has 29 heavy (non-hydrogen) atoms. The summed E-state index contributed by atoms with van der Waals surface area (Å²) in [6, 6.07) is 1.52. The summed E-state index contributed by atoms with van der Waals surface area (Å²) in [6.07, 6.45) is -1.42. The fourth-order valence-electron chi connectivity index (χ4n) is 3.59. The van der Waals surface area contributed by atoms with Gasteiger partial charge < -0.3 is 24.2 Å². The molecule has 158 valence electrons. The molecule has 2 aliphatic rings. The number of carbonyl (C=O) groups excluding carboxylic acids is 2. The molecule has 0 radical (unpaired) electrons. The summed E-state index contributed by atoms with van der Waals surface area (Å²) in [5, 5.41) is 9.76. The lowest BCUT2D eigenvalue weighted by Crippen LogP contribution is -2.71. The standard InChI is InChI=1S/C18H20F2N2O7/c1-27-15(23)8-21-14(11-4-12(19)6-13(20)5-11)7-22(17(25)26)18(16(21)24)9-28-2-3-29-10-18/h4-6,14H,2-3,7-10H2,1H3,(H,25,26)/t14-/m0/s1. The van der Waals surface area contributed by atoms with Gasteiger partial charge in [0, 0.05) is 12.6 Å². The van der Waals surface area contributed by atoms with E-state index in [-0.39, 0.29) is 38.5 Å². The van der Waals surface area contributed by atoms with Gasteiger partial charge in [0.25, 0.3) is 5.91 Å². The summed E-state index contributed by atoms with van der Waals surface area (Å²) in [6.45, 7) is -1.10. The van der Waals surface area contributed by atoms with Crippen molar-refractivity contribution in [1.29, 1.82) is 0 Å². The molecule has 1 atom stereocenters. The van der Waals surface area contributed by atoms with Crippen LogP contribution in [0.25, 0.3) is 0 Å². The van der Waals surface area contributed by atoms with E-state index in [2.05, 4.69) is 4.74 Å². The number of rotatable bonds is 3. The summed E-state index contributed by atoms with van der Waals surface area (Å²) >= 11 is 0. The number of amides is 2. The molecule has 11 heteroatoms. The zero-order chi connectivity index (χ0) is 21.2. The molecule has 0 aromatic heterocycles. The molecular weight excluding hydrogens is 394 g/mol. The Hall–Kier alpha value is -2.79. The number of esters is 1. The summed E-state index contributed by atoms with van der Waals surface area (Å²) in [5.74, 6) is -3.33. The van der Waals surface area contributed by atoms with Crippen LogP contribution in [0.2, 0.25) is 0 Å². The smallest absolute Gasteiger partial charge is 0.408 e. The number of ether oxygens (including phenoxy) is 3. The quantitative estimate of drug-likeness (QED) is 0.729. The SMILES string of the molecule is COC(=O)CN1C(=O)C2(COCCOC2)N(C(=O)O)C[C@H]1c1cc(F)cc(F)c1. The van der Waals surface area contributed by atoms with Gasteiger partial charge in [-0.15, -0.1) is 0 Å². The van der Waals surface area contributed by atoms with Crippen LogP contribution in [0.4, 0.5) is 13.6 Å². The number of hydrogen-bond donors (Lipinski definition) is 1. The second-order valence-electron chi connectivity index (χ2n) is 6.76. The maximum atomic E-state index is 13.8. The molecular formula is C18H20F2N2O7. The average Bonchev–Trinajstić information content (AvgIpc) is 2.91. The number of piperazine rings is 1. The molecule has 1 N–H and O–H groups in total. The monoisotopic (exact) mass is 414 g/mol. The van der Waals surface area contributed by atoms with Crippen LogP contribution in [0.3, 0.4) is 0 Å². The van der Waals surface area contributed by atoms with E-state index in [0.717, 1.165) is 29.0 Å². The molecule has 2 fully saturated rings. The van der Waals surface area contributed by atoms with Crippen molar-refractivity contribution in [3.8, 4) is 0 Å². The van der Waals surface area contributed by atoms with Crippen LogP contribution in [-0.2, 0) is 23.8 Å². The number of halogens is 2. The van der Waals surface area contributed by atoms with Gasteiger partial charge in [0.15, 0.2) is 5.54 Å². The first kappa shape index (κ1) is 20.9. The molecule has 1 aromatic rings. The first-order chi connectivity index (χ1) is 13.8. The van der Waals surface area contributed by atoms with Gasteiger partial charge in [-0.05, 0) is 17.7 Å². The lowest BCUT2D eigenvalue weighted by molar-refractivity contribution is -0.167. The normalized spacial score (nSPS) is 21.8. The highest BCUT2D eigenvalue weighted by molar-refractivity contribution is 5.93. The zero-order valence-electron chi connectivity index (χ0n) is 15.6. The van der Waals surface area contributed by atoms with E-state index in [1.807, 2.05) is 0 Å². The number of hydrogen-bond acceptors (Lipinski definition) is 6. The van der Waals surface area contributed by atoms with Crippen LogP contribution in [0.1, 0.15) is 11.6 Å². The van der Waals surface area contributed by atoms with Crippen molar-refractivity contribution >= 4 is 18.0 Å². The van der Waals surface area contributed by atoms with Gasteiger partial charge in [0.05, 0.1) is 39.6 Å². The number of carboxylic acid groups (broad SMARTS) is 1. The van der Waals surface area contributed by atoms with E-state index in [1.165, 1.54) is 0 Å². The van der Waals surface area contributed by atoms with Crippen molar-refractivity contribution in [2.45, 2.75) is 11.6 Å². The molecule has 2 amide bonds. The van der Waals surface area contributed by atoms with Crippen LogP contribution in [0, 0.1) is 11.6 Å². The minimum Gasteiger partial charge on any atom is -0.468 e. The third kappa shape index (κ3) is 4.01. The predicted octanol–water partition coefficient (Wildman–Crippen LogP) is 0.787. The highest BCUT2D eigenvalue weighted by atomic mass is 19.1. The maximum absolute atomic E-state index is 13.8. The van der Waals surface area contributed by atoms with Crippen molar-refractivity contribution in [3.63, 3.8) is 0 Å². The number of carbonyl (C=O) groups is 3. The zero-order valence-corrected chi connectivity index (χ0v) is 15.6.